The lowest BCUT2D eigenvalue weighted by molar-refractivity contribution is -0.140. The zero-order valence-electron chi connectivity index (χ0n) is 20.8. The van der Waals surface area contributed by atoms with Crippen molar-refractivity contribution in [3.05, 3.63) is 63.9 Å². The molecule has 1 N–H and O–H groups in total. The summed E-state index contributed by atoms with van der Waals surface area (Å²) in [6, 6.07) is 9.66. The fraction of sp³-hybridized carbons (Fsp3) is 0.440. The molecule has 0 aromatic heterocycles. The maximum Gasteiger partial charge on any atom is 0.242 e. The number of anilines is 1. The van der Waals surface area contributed by atoms with Gasteiger partial charge in [0, 0.05) is 25.6 Å². The molecule has 0 heterocycles. The summed E-state index contributed by atoms with van der Waals surface area (Å²) >= 11 is 12.1. The fourth-order valence-corrected chi connectivity index (χ4v) is 4.81. The van der Waals surface area contributed by atoms with E-state index in [1.807, 2.05) is 13.8 Å². The van der Waals surface area contributed by atoms with Crippen LogP contribution in [0.1, 0.15) is 45.6 Å². The Hall–Kier alpha value is -2.36. The number of rotatable bonds is 12. The van der Waals surface area contributed by atoms with Crippen molar-refractivity contribution in [3.63, 3.8) is 0 Å². The Labute approximate surface area is 222 Å². The number of carbonyl (C=O) groups excluding carboxylic acids is 2. The number of halogens is 3. The molecule has 2 aromatic rings. The summed E-state index contributed by atoms with van der Waals surface area (Å²) in [6.07, 6.45) is 1.79. The molecule has 2 rings (SSSR count). The van der Waals surface area contributed by atoms with Gasteiger partial charge in [-0.2, -0.15) is 0 Å². The summed E-state index contributed by atoms with van der Waals surface area (Å²) in [4.78, 5) is 27.5. The van der Waals surface area contributed by atoms with Gasteiger partial charge in [0.1, 0.15) is 11.9 Å². The number of benzene rings is 2. The van der Waals surface area contributed by atoms with Crippen LogP contribution < -0.4 is 9.62 Å². The Kier molecular flexibility index (Phi) is 11.0. The van der Waals surface area contributed by atoms with Crippen molar-refractivity contribution < 1.29 is 22.4 Å². The van der Waals surface area contributed by atoms with E-state index in [1.165, 1.54) is 29.2 Å². The van der Waals surface area contributed by atoms with Gasteiger partial charge < -0.3 is 10.2 Å². The summed E-state index contributed by atoms with van der Waals surface area (Å²) in [5, 5.41) is 3.58. The molecule has 0 saturated carbocycles. The van der Waals surface area contributed by atoms with Gasteiger partial charge in [0.25, 0.3) is 0 Å². The molecule has 36 heavy (non-hydrogen) atoms. The minimum atomic E-state index is -3.79. The Balaban J connectivity index is 2.21. The van der Waals surface area contributed by atoms with Crippen molar-refractivity contribution in [2.75, 3.05) is 17.1 Å². The molecule has 2 unspecified atom stereocenters. The third kappa shape index (κ3) is 8.35. The largest absolute Gasteiger partial charge is 0.352 e. The first kappa shape index (κ1) is 29.9. The Morgan fingerprint density at radius 3 is 2.33 bits per heavy atom. The van der Waals surface area contributed by atoms with Crippen LogP contribution in [0.2, 0.25) is 10.0 Å². The molecule has 2 aromatic carbocycles. The highest BCUT2D eigenvalue weighted by molar-refractivity contribution is 7.92. The second kappa shape index (κ2) is 13.3. The summed E-state index contributed by atoms with van der Waals surface area (Å²) in [6.45, 7) is 5.46. The maximum atomic E-state index is 14.3. The lowest BCUT2D eigenvalue weighted by Crippen LogP contribution is -2.49. The monoisotopic (exact) mass is 559 g/mol. The molecule has 0 saturated heterocycles. The van der Waals surface area contributed by atoms with Gasteiger partial charge in [0.15, 0.2) is 0 Å². The minimum Gasteiger partial charge on any atom is -0.352 e. The average Bonchev–Trinajstić information content (AvgIpc) is 2.81. The molecule has 0 aliphatic carbocycles. The van der Waals surface area contributed by atoms with E-state index >= 15 is 0 Å². The van der Waals surface area contributed by atoms with Crippen molar-refractivity contribution in [1.29, 1.82) is 0 Å². The topological polar surface area (TPSA) is 86.8 Å². The highest BCUT2D eigenvalue weighted by Gasteiger charge is 2.27. The molecule has 2 atom stereocenters. The number of nitrogens with zero attached hydrogens (tertiary/aromatic N) is 2. The van der Waals surface area contributed by atoms with E-state index in [-0.39, 0.29) is 49.5 Å². The smallest absolute Gasteiger partial charge is 0.242 e. The average molecular weight is 561 g/mol. The van der Waals surface area contributed by atoms with Crippen molar-refractivity contribution in [3.8, 4) is 0 Å². The van der Waals surface area contributed by atoms with E-state index < -0.39 is 21.9 Å². The van der Waals surface area contributed by atoms with Crippen molar-refractivity contribution in [1.82, 2.24) is 10.2 Å². The molecular weight excluding hydrogens is 528 g/mol. The van der Waals surface area contributed by atoms with E-state index in [9.17, 15) is 22.4 Å². The first-order valence-corrected chi connectivity index (χ1v) is 14.2. The van der Waals surface area contributed by atoms with Gasteiger partial charge in [0.05, 0.1) is 22.0 Å². The van der Waals surface area contributed by atoms with Crippen LogP contribution in [0.5, 0.6) is 0 Å². The van der Waals surface area contributed by atoms with E-state index in [2.05, 4.69) is 5.32 Å². The zero-order valence-corrected chi connectivity index (χ0v) is 23.1. The van der Waals surface area contributed by atoms with Crippen molar-refractivity contribution in [2.24, 2.45) is 0 Å². The lowest BCUT2D eigenvalue weighted by Gasteiger charge is -2.30. The second-order valence-corrected chi connectivity index (χ2v) is 11.4. The number of para-hydroxylation sites is 1. The summed E-state index contributed by atoms with van der Waals surface area (Å²) < 4.78 is 39.8. The second-order valence-electron chi connectivity index (χ2n) is 8.65. The highest BCUT2D eigenvalue weighted by Crippen LogP contribution is 2.25. The lowest BCUT2D eigenvalue weighted by atomic mass is 10.1. The molecule has 0 aliphatic rings. The van der Waals surface area contributed by atoms with E-state index in [0.717, 1.165) is 17.0 Å². The Morgan fingerprint density at radius 1 is 1.08 bits per heavy atom. The fourth-order valence-electron chi connectivity index (χ4n) is 3.52. The summed E-state index contributed by atoms with van der Waals surface area (Å²) in [7, 11) is -3.79. The highest BCUT2D eigenvalue weighted by atomic mass is 35.5. The Morgan fingerprint density at radius 2 is 1.75 bits per heavy atom. The number of sulfonamides is 1. The SMILES string of the molecule is CCC(C)NC(=O)C(C)N(Cc1ccc(Cl)c(Cl)c1)C(=O)CCCN(c1ccccc1F)S(C)(=O)=O. The normalized spacial score (nSPS) is 13.1. The number of hydrogen-bond donors (Lipinski definition) is 1. The minimum absolute atomic E-state index is 0.0528. The molecule has 0 aliphatic heterocycles. The molecule has 7 nitrogen and oxygen atoms in total. The molecule has 0 spiro atoms. The van der Waals surface area contributed by atoms with Gasteiger partial charge in [-0.05, 0) is 56.5 Å². The zero-order chi connectivity index (χ0) is 27.0. The van der Waals surface area contributed by atoms with Crippen LogP contribution in [0, 0.1) is 5.82 Å². The molecule has 2 amide bonds. The van der Waals surface area contributed by atoms with Gasteiger partial charge in [-0.3, -0.25) is 13.9 Å². The maximum absolute atomic E-state index is 14.3. The number of nitrogens with one attached hydrogen (secondary N) is 1. The van der Waals surface area contributed by atoms with E-state index in [0.29, 0.717) is 15.6 Å². The van der Waals surface area contributed by atoms with Gasteiger partial charge in [0.2, 0.25) is 21.8 Å². The third-order valence-electron chi connectivity index (χ3n) is 5.78. The van der Waals surface area contributed by atoms with E-state index in [4.69, 9.17) is 23.2 Å². The van der Waals surface area contributed by atoms with Crippen LogP contribution in [0.4, 0.5) is 10.1 Å². The first-order valence-electron chi connectivity index (χ1n) is 11.6. The van der Waals surface area contributed by atoms with Gasteiger partial charge >= 0.3 is 0 Å². The van der Waals surface area contributed by atoms with E-state index in [1.54, 1.807) is 25.1 Å². The standard InChI is InChI=1S/C25H32Cl2FN3O4S/c1-5-17(2)29-25(33)18(3)30(16-19-12-13-20(26)21(27)15-19)24(32)11-8-14-31(36(4,34)35)23-10-7-6-9-22(23)28/h6-7,9-10,12-13,15,17-18H,5,8,11,14,16H2,1-4H3,(H,29,33). The Bertz CT molecular complexity index is 1180. The molecule has 11 heteroatoms. The van der Waals surface area contributed by atoms with Crippen molar-refractivity contribution >= 4 is 50.7 Å². The van der Waals surface area contributed by atoms with Gasteiger partial charge in [-0.15, -0.1) is 0 Å². The van der Waals surface area contributed by atoms with Gasteiger partial charge in [-0.25, -0.2) is 12.8 Å². The molecule has 0 radical (unpaired) electrons. The molecule has 0 bridgehead atoms. The van der Waals surface area contributed by atoms with Crippen LogP contribution in [0.15, 0.2) is 42.5 Å². The number of amides is 2. The van der Waals surface area contributed by atoms with Crippen LogP contribution >= 0.6 is 23.2 Å². The molecule has 198 valence electrons. The quantitative estimate of drug-likeness (QED) is 0.396. The summed E-state index contributed by atoms with van der Waals surface area (Å²) in [5.41, 5.74) is 0.603. The van der Waals surface area contributed by atoms with Crippen molar-refractivity contribution in [2.45, 2.75) is 58.7 Å². The van der Waals surface area contributed by atoms with Crippen LogP contribution in [-0.4, -0.2) is 50.0 Å². The van der Waals surface area contributed by atoms with Gasteiger partial charge in [-0.1, -0.05) is 48.3 Å². The summed E-state index contributed by atoms with van der Waals surface area (Å²) in [5.74, 6) is -1.33. The predicted molar refractivity (Wildman–Crippen MR) is 142 cm³/mol. The first-order chi connectivity index (χ1) is 16.8. The number of carbonyl (C=O) groups is 2. The third-order valence-corrected chi connectivity index (χ3v) is 7.70. The number of hydrogen-bond acceptors (Lipinski definition) is 4. The predicted octanol–water partition coefficient (Wildman–Crippen LogP) is 5.01. The van der Waals surface area contributed by atoms with Crippen LogP contribution in [-0.2, 0) is 26.2 Å². The van der Waals surface area contributed by atoms with Crippen LogP contribution in [0.3, 0.4) is 0 Å². The molecular formula is C25H32Cl2FN3O4S. The molecule has 0 fully saturated rings. The van der Waals surface area contributed by atoms with Crippen LogP contribution in [0.25, 0.3) is 0 Å².